The van der Waals surface area contributed by atoms with E-state index in [1.165, 1.54) is 30.1 Å². The molecule has 0 aliphatic heterocycles. The van der Waals surface area contributed by atoms with E-state index < -0.39 is 21.5 Å². The molecule has 0 aromatic heterocycles. The van der Waals surface area contributed by atoms with Crippen LogP contribution in [0.25, 0.3) is 0 Å². The van der Waals surface area contributed by atoms with Gasteiger partial charge in [0.05, 0.1) is 22.4 Å². The smallest absolute Gasteiger partial charge is 0.237 e. The van der Waals surface area contributed by atoms with E-state index in [9.17, 15) is 13.2 Å². The zero-order valence-corrected chi connectivity index (χ0v) is 13.0. The summed E-state index contributed by atoms with van der Waals surface area (Å²) in [5, 5.41) is 8.67. The van der Waals surface area contributed by atoms with Gasteiger partial charge in [0.15, 0.2) is 9.84 Å². The minimum absolute atomic E-state index is 0.0156. The van der Waals surface area contributed by atoms with Crippen molar-refractivity contribution in [1.82, 2.24) is 4.90 Å². The van der Waals surface area contributed by atoms with Gasteiger partial charge in [0.1, 0.15) is 5.75 Å². The quantitative estimate of drug-likeness (QED) is 0.826. The Kier molecular flexibility index (Phi) is 5.81. The van der Waals surface area contributed by atoms with Gasteiger partial charge in [0, 0.05) is 18.6 Å². The molecule has 0 aliphatic rings. The first-order valence-electron chi connectivity index (χ1n) is 5.56. The lowest BCUT2D eigenvalue weighted by molar-refractivity contribution is -0.127. The first kappa shape index (κ1) is 16.8. The van der Waals surface area contributed by atoms with Gasteiger partial charge in [-0.1, -0.05) is 23.2 Å². The van der Waals surface area contributed by atoms with Gasteiger partial charge in [0.2, 0.25) is 5.91 Å². The third kappa shape index (κ3) is 4.37. The standard InChI is InChI=1S/C12H12Cl2N2O3S/c1-16(6-2-5-15)12(17)8-20(18,19)11-7-9(13)3-4-10(11)14/h3-4,7H,2,6,8H2,1H3. The summed E-state index contributed by atoms with van der Waals surface area (Å²) in [5.74, 6) is -1.31. The van der Waals surface area contributed by atoms with Crippen LogP contribution in [0.1, 0.15) is 6.42 Å². The lowest BCUT2D eigenvalue weighted by atomic mass is 10.4. The predicted octanol–water partition coefficient (Wildman–Crippen LogP) is 2.14. The van der Waals surface area contributed by atoms with E-state index in [-0.39, 0.29) is 27.9 Å². The van der Waals surface area contributed by atoms with Crippen molar-refractivity contribution >= 4 is 38.9 Å². The van der Waals surface area contributed by atoms with Gasteiger partial charge < -0.3 is 4.90 Å². The number of benzene rings is 1. The van der Waals surface area contributed by atoms with Crippen LogP contribution in [-0.2, 0) is 14.6 Å². The maximum Gasteiger partial charge on any atom is 0.237 e. The molecule has 0 atom stereocenters. The fourth-order valence-corrected chi connectivity index (χ4v) is 3.49. The fraction of sp³-hybridized carbons (Fsp3) is 0.333. The minimum atomic E-state index is -3.87. The molecular weight excluding hydrogens is 323 g/mol. The first-order valence-corrected chi connectivity index (χ1v) is 7.97. The number of nitrogens with zero attached hydrogens (tertiary/aromatic N) is 2. The van der Waals surface area contributed by atoms with Crippen molar-refractivity contribution < 1.29 is 13.2 Å². The molecule has 0 spiro atoms. The number of hydrogen-bond donors (Lipinski definition) is 0. The van der Waals surface area contributed by atoms with Gasteiger partial charge in [-0.3, -0.25) is 4.79 Å². The highest BCUT2D eigenvalue weighted by molar-refractivity contribution is 7.92. The molecule has 0 fully saturated rings. The third-order valence-electron chi connectivity index (χ3n) is 2.53. The van der Waals surface area contributed by atoms with Crippen LogP contribution in [0.2, 0.25) is 10.0 Å². The zero-order chi connectivity index (χ0) is 15.3. The summed E-state index contributed by atoms with van der Waals surface area (Å²) in [6.07, 6.45) is 0.139. The fourth-order valence-electron chi connectivity index (χ4n) is 1.41. The highest BCUT2D eigenvalue weighted by Crippen LogP contribution is 2.26. The van der Waals surface area contributed by atoms with Crippen LogP contribution in [-0.4, -0.2) is 38.6 Å². The van der Waals surface area contributed by atoms with E-state index in [1.54, 1.807) is 0 Å². The van der Waals surface area contributed by atoms with Crippen LogP contribution in [0.15, 0.2) is 23.1 Å². The van der Waals surface area contributed by atoms with Crippen molar-refractivity contribution in [2.45, 2.75) is 11.3 Å². The molecule has 5 nitrogen and oxygen atoms in total. The molecule has 1 aromatic rings. The molecule has 1 aromatic carbocycles. The molecule has 0 bridgehead atoms. The Morgan fingerprint density at radius 1 is 1.40 bits per heavy atom. The average Bonchev–Trinajstić information content (AvgIpc) is 2.38. The number of hydrogen-bond acceptors (Lipinski definition) is 4. The number of amides is 1. The molecule has 0 unspecified atom stereocenters. The van der Waals surface area contributed by atoms with E-state index >= 15 is 0 Å². The number of carbonyl (C=O) groups is 1. The van der Waals surface area contributed by atoms with E-state index in [4.69, 9.17) is 28.5 Å². The molecule has 108 valence electrons. The van der Waals surface area contributed by atoms with Gasteiger partial charge in [-0.05, 0) is 18.2 Å². The van der Waals surface area contributed by atoms with E-state index in [0.29, 0.717) is 0 Å². The molecule has 1 rings (SSSR count). The van der Waals surface area contributed by atoms with Crippen molar-refractivity contribution in [1.29, 1.82) is 5.26 Å². The normalized spacial score (nSPS) is 10.9. The number of halogens is 2. The van der Waals surface area contributed by atoms with Crippen LogP contribution in [0.5, 0.6) is 0 Å². The van der Waals surface area contributed by atoms with Gasteiger partial charge in [-0.2, -0.15) is 5.26 Å². The van der Waals surface area contributed by atoms with E-state index in [0.717, 1.165) is 0 Å². The summed E-state index contributed by atoms with van der Waals surface area (Å²) >= 11 is 11.6. The van der Waals surface area contributed by atoms with Gasteiger partial charge in [-0.15, -0.1) is 0 Å². The van der Waals surface area contributed by atoms with Crippen LogP contribution < -0.4 is 0 Å². The molecule has 0 saturated carbocycles. The number of carbonyl (C=O) groups excluding carboxylic acids is 1. The molecule has 20 heavy (non-hydrogen) atoms. The molecular formula is C12H12Cl2N2O3S. The van der Waals surface area contributed by atoms with Crippen molar-refractivity contribution in [2.24, 2.45) is 0 Å². The Morgan fingerprint density at radius 3 is 2.65 bits per heavy atom. The SMILES string of the molecule is CN(CCC#N)C(=O)CS(=O)(=O)c1cc(Cl)ccc1Cl. The lowest BCUT2D eigenvalue weighted by Gasteiger charge is -2.15. The molecule has 0 heterocycles. The van der Waals surface area contributed by atoms with Crippen LogP contribution in [0.3, 0.4) is 0 Å². The summed E-state index contributed by atoms with van der Waals surface area (Å²) in [6.45, 7) is 0.175. The van der Waals surface area contributed by atoms with Crippen LogP contribution in [0, 0.1) is 11.3 Å². The van der Waals surface area contributed by atoms with Crippen LogP contribution in [0.4, 0.5) is 0 Å². The monoisotopic (exact) mass is 334 g/mol. The number of rotatable bonds is 5. The summed E-state index contributed by atoms with van der Waals surface area (Å²) in [4.78, 5) is 12.8. The van der Waals surface area contributed by atoms with Gasteiger partial charge >= 0.3 is 0 Å². The Balaban J connectivity index is 2.93. The van der Waals surface area contributed by atoms with Crippen molar-refractivity contribution in [2.75, 3.05) is 19.3 Å². The molecule has 0 radical (unpaired) electrons. The molecule has 0 N–H and O–H groups in total. The molecule has 0 saturated heterocycles. The maximum atomic E-state index is 12.1. The highest BCUT2D eigenvalue weighted by Gasteiger charge is 2.24. The van der Waals surface area contributed by atoms with Crippen molar-refractivity contribution in [3.05, 3.63) is 28.2 Å². The molecule has 8 heteroatoms. The van der Waals surface area contributed by atoms with Crippen molar-refractivity contribution in [3.63, 3.8) is 0 Å². The second-order valence-electron chi connectivity index (χ2n) is 4.06. The maximum absolute atomic E-state index is 12.1. The molecule has 1 amide bonds. The van der Waals surface area contributed by atoms with Gasteiger partial charge in [-0.25, -0.2) is 8.42 Å². The van der Waals surface area contributed by atoms with Gasteiger partial charge in [0.25, 0.3) is 0 Å². The topological polar surface area (TPSA) is 78.2 Å². The van der Waals surface area contributed by atoms with Crippen molar-refractivity contribution in [3.8, 4) is 6.07 Å². The average molecular weight is 335 g/mol. The second kappa shape index (κ2) is 6.93. The minimum Gasteiger partial charge on any atom is -0.344 e. The summed E-state index contributed by atoms with van der Waals surface area (Å²) in [7, 11) is -2.43. The van der Waals surface area contributed by atoms with Crippen LogP contribution >= 0.6 is 23.2 Å². The summed E-state index contributed by atoms with van der Waals surface area (Å²) < 4.78 is 24.3. The van der Waals surface area contributed by atoms with E-state index in [1.807, 2.05) is 6.07 Å². The number of sulfone groups is 1. The predicted molar refractivity (Wildman–Crippen MR) is 76.4 cm³/mol. The largest absolute Gasteiger partial charge is 0.344 e. The zero-order valence-electron chi connectivity index (χ0n) is 10.6. The third-order valence-corrected chi connectivity index (χ3v) is 4.84. The summed E-state index contributed by atoms with van der Waals surface area (Å²) in [5.41, 5.74) is 0. The second-order valence-corrected chi connectivity index (χ2v) is 6.86. The Morgan fingerprint density at radius 2 is 2.05 bits per heavy atom. The van der Waals surface area contributed by atoms with E-state index in [2.05, 4.69) is 0 Å². The first-order chi connectivity index (χ1) is 9.27. The Labute approximate surface area is 127 Å². The lowest BCUT2D eigenvalue weighted by Crippen LogP contribution is -2.33. The Hall–Kier alpha value is -1.29. The number of nitriles is 1. The summed E-state index contributed by atoms with van der Waals surface area (Å²) in [6, 6.07) is 5.92. The Bertz CT molecular complexity index is 653. The highest BCUT2D eigenvalue weighted by atomic mass is 35.5. The molecule has 0 aliphatic carbocycles.